The van der Waals surface area contributed by atoms with E-state index in [0.29, 0.717) is 0 Å². The van der Waals surface area contributed by atoms with Gasteiger partial charge in [-0.1, -0.05) is 19.8 Å². The van der Waals surface area contributed by atoms with Crippen molar-refractivity contribution in [3.63, 3.8) is 0 Å². The first-order valence-corrected chi connectivity index (χ1v) is 10.00. The maximum Gasteiger partial charge on any atom is 0.245 e. The number of fused-ring (bicyclic) bond motifs is 3. The molecular weight excluding hydrogens is 334 g/mol. The van der Waals surface area contributed by atoms with Gasteiger partial charge in [0.2, 0.25) is 5.91 Å². The number of aromatic nitrogens is 2. The SMILES string of the molecule is CCCC[C@H]1C(=O)N(C)CCN1c1ncnc2sc3c(c12)CCNC3. The number of likely N-dealkylation sites (N-methyl/N-ethyl adjacent to an activating group) is 1. The van der Waals surface area contributed by atoms with Gasteiger partial charge in [0.15, 0.2) is 0 Å². The van der Waals surface area contributed by atoms with Crippen LogP contribution >= 0.6 is 11.3 Å². The number of carbonyl (C=O) groups excluding carboxylic acids is 1. The predicted octanol–water partition coefficient (Wildman–Crippen LogP) is 2.17. The number of nitrogens with zero attached hydrogens (tertiary/aromatic N) is 4. The van der Waals surface area contributed by atoms with Crippen molar-refractivity contribution in [2.75, 3.05) is 31.6 Å². The number of nitrogens with one attached hydrogen (secondary N) is 1. The Kier molecular flexibility index (Phi) is 4.60. The summed E-state index contributed by atoms with van der Waals surface area (Å²) in [5.41, 5.74) is 1.38. The lowest BCUT2D eigenvalue weighted by atomic mass is 10.0. The first kappa shape index (κ1) is 16.7. The van der Waals surface area contributed by atoms with Gasteiger partial charge in [0.25, 0.3) is 0 Å². The third-order valence-corrected chi connectivity index (χ3v) is 6.45. The van der Waals surface area contributed by atoms with Gasteiger partial charge in [0.05, 0.1) is 5.39 Å². The number of rotatable bonds is 4. The van der Waals surface area contributed by atoms with Crippen LogP contribution < -0.4 is 10.2 Å². The van der Waals surface area contributed by atoms with Gasteiger partial charge in [-0.2, -0.15) is 0 Å². The van der Waals surface area contributed by atoms with E-state index in [-0.39, 0.29) is 11.9 Å². The highest BCUT2D eigenvalue weighted by molar-refractivity contribution is 7.19. The minimum absolute atomic E-state index is 0.103. The molecule has 1 saturated heterocycles. The highest BCUT2D eigenvalue weighted by Crippen LogP contribution is 2.38. The number of hydrogen-bond donors (Lipinski definition) is 1. The van der Waals surface area contributed by atoms with E-state index in [1.807, 2.05) is 11.9 Å². The molecule has 7 heteroatoms. The summed E-state index contributed by atoms with van der Waals surface area (Å²) in [7, 11) is 1.91. The van der Waals surface area contributed by atoms with Gasteiger partial charge >= 0.3 is 0 Å². The Morgan fingerprint density at radius 3 is 3.08 bits per heavy atom. The first-order valence-electron chi connectivity index (χ1n) is 9.18. The zero-order valence-corrected chi connectivity index (χ0v) is 15.7. The zero-order chi connectivity index (χ0) is 17.4. The number of unbranched alkanes of at least 4 members (excludes halogenated alkanes) is 1. The second kappa shape index (κ2) is 6.88. The number of anilines is 1. The first-order chi connectivity index (χ1) is 12.2. The number of carbonyl (C=O) groups is 1. The van der Waals surface area contributed by atoms with Crippen LogP contribution in [0.3, 0.4) is 0 Å². The van der Waals surface area contributed by atoms with Gasteiger partial charge in [0.1, 0.15) is 23.0 Å². The molecule has 0 radical (unpaired) electrons. The standard InChI is InChI=1S/C18H25N5OS/c1-3-4-5-13-18(24)22(2)8-9-23(13)16-15-12-6-7-19-10-14(12)25-17(15)21-11-20-16/h11,13,19H,3-10H2,1-2H3/t13-/m0/s1. The van der Waals surface area contributed by atoms with Gasteiger partial charge in [-0.15, -0.1) is 11.3 Å². The number of thiophene rings is 1. The lowest BCUT2D eigenvalue weighted by Crippen LogP contribution is -2.56. The fraction of sp³-hybridized carbons (Fsp3) is 0.611. The molecule has 2 aromatic heterocycles. The quantitative estimate of drug-likeness (QED) is 0.907. The van der Waals surface area contributed by atoms with Crippen LogP contribution in [-0.2, 0) is 17.8 Å². The maximum absolute atomic E-state index is 12.8. The third kappa shape index (κ3) is 2.89. The van der Waals surface area contributed by atoms with Crippen LogP contribution in [0.1, 0.15) is 36.6 Å². The fourth-order valence-electron chi connectivity index (χ4n) is 3.90. The van der Waals surface area contributed by atoms with E-state index >= 15 is 0 Å². The molecule has 2 aliphatic heterocycles. The van der Waals surface area contributed by atoms with Crippen LogP contribution in [0, 0.1) is 0 Å². The van der Waals surface area contributed by atoms with Crippen LogP contribution in [0.2, 0.25) is 0 Å². The lowest BCUT2D eigenvalue weighted by Gasteiger charge is -2.40. The van der Waals surface area contributed by atoms with Crippen LogP contribution in [0.25, 0.3) is 10.2 Å². The van der Waals surface area contributed by atoms with Crippen molar-refractivity contribution in [2.45, 2.75) is 45.2 Å². The summed E-state index contributed by atoms with van der Waals surface area (Å²) in [5.74, 6) is 1.18. The third-order valence-electron chi connectivity index (χ3n) is 5.31. The molecule has 1 N–H and O–H groups in total. The highest BCUT2D eigenvalue weighted by atomic mass is 32.1. The summed E-state index contributed by atoms with van der Waals surface area (Å²) in [6.45, 7) is 5.67. The molecule has 4 heterocycles. The van der Waals surface area contributed by atoms with Crippen molar-refractivity contribution in [1.82, 2.24) is 20.2 Å². The Balaban J connectivity index is 1.79. The molecule has 0 aromatic carbocycles. The summed E-state index contributed by atoms with van der Waals surface area (Å²) >= 11 is 1.76. The molecule has 0 bridgehead atoms. The van der Waals surface area contributed by atoms with Crippen molar-refractivity contribution in [3.05, 3.63) is 16.8 Å². The summed E-state index contributed by atoms with van der Waals surface area (Å²) in [6.07, 6.45) is 5.71. The molecule has 0 aliphatic carbocycles. The minimum Gasteiger partial charge on any atom is -0.342 e. The molecule has 2 aromatic rings. The van der Waals surface area contributed by atoms with Gasteiger partial charge in [-0.25, -0.2) is 9.97 Å². The molecule has 0 spiro atoms. The van der Waals surface area contributed by atoms with Crippen molar-refractivity contribution in [3.8, 4) is 0 Å². The average molecular weight is 359 g/mol. The predicted molar refractivity (Wildman–Crippen MR) is 101 cm³/mol. The summed E-state index contributed by atoms with van der Waals surface area (Å²) in [5, 5.41) is 4.62. The topological polar surface area (TPSA) is 61.4 Å². The van der Waals surface area contributed by atoms with Crippen molar-refractivity contribution < 1.29 is 4.79 Å². The Bertz CT molecular complexity index is 789. The molecule has 1 fully saturated rings. The molecule has 1 atom stereocenters. The largest absolute Gasteiger partial charge is 0.342 e. The maximum atomic E-state index is 12.8. The molecule has 134 valence electrons. The van der Waals surface area contributed by atoms with E-state index in [1.54, 1.807) is 17.7 Å². The van der Waals surface area contributed by atoms with Gasteiger partial charge < -0.3 is 15.1 Å². The van der Waals surface area contributed by atoms with E-state index in [4.69, 9.17) is 0 Å². The van der Waals surface area contributed by atoms with Crippen LogP contribution in [0.5, 0.6) is 0 Å². The van der Waals surface area contributed by atoms with E-state index in [9.17, 15) is 4.79 Å². The second-order valence-electron chi connectivity index (χ2n) is 6.92. The van der Waals surface area contributed by atoms with E-state index in [0.717, 1.165) is 62.5 Å². The summed E-state index contributed by atoms with van der Waals surface area (Å²) in [6, 6.07) is -0.103. The van der Waals surface area contributed by atoms with E-state index in [1.165, 1.54) is 15.8 Å². The van der Waals surface area contributed by atoms with Crippen molar-refractivity contribution in [2.24, 2.45) is 0 Å². The number of piperazine rings is 1. The van der Waals surface area contributed by atoms with Crippen molar-refractivity contribution in [1.29, 1.82) is 0 Å². The molecule has 6 nitrogen and oxygen atoms in total. The van der Waals surface area contributed by atoms with Crippen LogP contribution in [-0.4, -0.2) is 53.5 Å². The number of hydrogen-bond acceptors (Lipinski definition) is 6. The molecule has 2 aliphatic rings. The molecule has 0 unspecified atom stereocenters. The van der Waals surface area contributed by atoms with Gasteiger partial charge in [-0.3, -0.25) is 4.79 Å². The highest BCUT2D eigenvalue weighted by Gasteiger charge is 2.35. The Hall–Kier alpha value is -1.73. The zero-order valence-electron chi connectivity index (χ0n) is 14.9. The van der Waals surface area contributed by atoms with Gasteiger partial charge in [0, 0.05) is 31.6 Å². The molecule has 0 saturated carbocycles. The van der Waals surface area contributed by atoms with Crippen LogP contribution in [0.15, 0.2) is 6.33 Å². The smallest absolute Gasteiger partial charge is 0.245 e. The van der Waals surface area contributed by atoms with Crippen LogP contribution in [0.4, 0.5) is 5.82 Å². The Labute approximate surface area is 152 Å². The molecule has 25 heavy (non-hydrogen) atoms. The summed E-state index contributed by atoms with van der Waals surface area (Å²) < 4.78 is 0. The number of amides is 1. The second-order valence-corrected chi connectivity index (χ2v) is 8.00. The fourth-order valence-corrected chi connectivity index (χ4v) is 5.05. The molecule has 1 amide bonds. The minimum atomic E-state index is -0.103. The van der Waals surface area contributed by atoms with E-state index < -0.39 is 0 Å². The van der Waals surface area contributed by atoms with Crippen molar-refractivity contribution >= 4 is 33.3 Å². The van der Waals surface area contributed by atoms with E-state index in [2.05, 4.69) is 27.1 Å². The van der Waals surface area contributed by atoms with Gasteiger partial charge in [-0.05, 0) is 24.9 Å². The monoisotopic (exact) mass is 359 g/mol. The molecular formula is C18H25N5OS. The molecule has 4 rings (SSSR count). The average Bonchev–Trinajstić information content (AvgIpc) is 3.02. The summed E-state index contributed by atoms with van der Waals surface area (Å²) in [4.78, 5) is 28.5. The Morgan fingerprint density at radius 1 is 1.36 bits per heavy atom. The Morgan fingerprint density at radius 2 is 2.24 bits per heavy atom. The normalized spacial score (nSPS) is 21.0. The lowest BCUT2D eigenvalue weighted by molar-refractivity contribution is -0.133.